The van der Waals surface area contributed by atoms with Gasteiger partial charge in [0.15, 0.2) is 0 Å². The molecule has 1 unspecified atom stereocenters. The van der Waals surface area contributed by atoms with Crippen LogP contribution in [0.15, 0.2) is 24.5 Å². The van der Waals surface area contributed by atoms with Crippen molar-refractivity contribution in [2.45, 2.75) is 45.6 Å². The minimum atomic E-state index is 0.0818. The second kappa shape index (κ2) is 8.61. The Kier molecular flexibility index (Phi) is 6.49. The second-order valence-electron chi connectivity index (χ2n) is 6.03. The first kappa shape index (κ1) is 16.6. The molecule has 1 aliphatic rings. The maximum atomic E-state index is 12.3. The highest BCUT2D eigenvalue weighted by Gasteiger charge is 2.21. The Bertz CT molecular complexity index is 443. The van der Waals surface area contributed by atoms with E-state index in [1.165, 1.54) is 24.9 Å². The molecule has 2 amide bonds. The van der Waals surface area contributed by atoms with Crippen molar-refractivity contribution in [3.05, 3.63) is 24.5 Å². The van der Waals surface area contributed by atoms with Gasteiger partial charge in [-0.15, -0.1) is 0 Å². The minimum Gasteiger partial charge on any atom is -0.368 e. The fourth-order valence-electron chi connectivity index (χ4n) is 2.80. The molecule has 1 aromatic heterocycles. The highest BCUT2D eigenvalue weighted by atomic mass is 16.2. The molecule has 2 rings (SSSR count). The number of aromatic nitrogens is 1. The van der Waals surface area contributed by atoms with Crippen molar-refractivity contribution in [2.24, 2.45) is 0 Å². The Balaban J connectivity index is 1.73. The van der Waals surface area contributed by atoms with E-state index in [0.717, 1.165) is 32.6 Å². The molecule has 1 fully saturated rings. The van der Waals surface area contributed by atoms with Crippen LogP contribution in [0.5, 0.6) is 0 Å². The number of piperazine rings is 1. The summed E-state index contributed by atoms with van der Waals surface area (Å²) in [6.07, 6.45) is 8.34. The summed E-state index contributed by atoms with van der Waals surface area (Å²) in [5, 5.41) is 3.12. The van der Waals surface area contributed by atoms with Crippen LogP contribution in [-0.4, -0.2) is 48.1 Å². The maximum absolute atomic E-state index is 12.3. The molecule has 0 aromatic carbocycles. The average Bonchev–Trinajstić information content (AvgIpc) is 2.56. The standard InChI is InChI=1S/C17H28N4O/c1-3-4-5-6-15(2)19-17(22)21-13-11-20(12-14-21)16-7-9-18-10-8-16/h7-10,15H,3-6,11-14H2,1-2H3,(H,19,22). The highest BCUT2D eigenvalue weighted by molar-refractivity contribution is 5.74. The molecular weight excluding hydrogens is 276 g/mol. The molecule has 1 aliphatic heterocycles. The topological polar surface area (TPSA) is 48.5 Å². The molecule has 1 N–H and O–H groups in total. The molecule has 5 heteroatoms. The first-order chi connectivity index (χ1) is 10.7. The Hall–Kier alpha value is -1.78. The molecule has 1 atom stereocenters. The second-order valence-corrected chi connectivity index (χ2v) is 6.03. The number of unbranched alkanes of at least 4 members (excludes halogenated alkanes) is 2. The zero-order chi connectivity index (χ0) is 15.8. The van der Waals surface area contributed by atoms with Gasteiger partial charge in [-0.05, 0) is 25.5 Å². The first-order valence-corrected chi connectivity index (χ1v) is 8.41. The Labute approximate surface area is 133 Å². The van der Waals surface area contributed by atoms with Gasteiger partial charge in [-0.1, -0.05) is 26.2 Å². The van der Waals surface area contributed by atoms with Crippen LogP contribution in [0.3, 0.4) is 0 Å². The summed E-state index contributed by atoms with van der Waals surface area (Å²) in [6, 6.07) is 4.38. The van der Waals surface area contributed by atoms with E-state index >= 15 is 0 Å². The number of nitrogens with zero attached hydrogens (tertiary/aromatic N) is 3. The number of nitrogens with one attached hydrogen (secondary N) is 1. The van der Waals surface area contributed by atoms with Gasteiger partial charge >= 0.3 is 6.03 Å². The van der Waals surface area contributed by atoms with Gasteiger partial charge in [0.1, 0.15) is 0 Å². The number of rotatable bonds is 6. The third kappa shape index (κ3) is 4.90. The maximum Gasteiger partial charge on any atom is 0.317 e. The molecule has 1 aromatic rings. The van der Waals surface area contributed by atoms with E-state index < -0.39 is 0 Å². The summed E-state index contributed by atoms with van der Waals surface area (Å²) in [5.41, 5.74) is 1.18. The van der Waals surface area contributed by atoms with Gasteiger partial charge < -0.3 is 15.1 Å². The van der Waals surface area contributed by atoms with E-state index in [4.69, 9.17) is 0 Å². The lowest BCUT2D eigenvalue weighted by atomic mass is 10.1. The highest BCUT2D eigenvalue weighted by Crippen LogP contribution is 2.14. The van der Waals surface area contributed by atoms with Gasteiger partial charge in [-0.3, -0.25) is 4.98 Å². The summed E-state index contributed by atoms with van der Waals surface area (Å²) in [4.78, 5) is 20.5. The smallest absolute Gasteiger partial charge is 0.317 e. The lowest BCUT2D eigenvalue weighted by molar-refractivity contribution is 0.190. The quantitative estimate of drug-likeness (QED) is 0.822. The predicted octanol–water partition coefficient (Wildman–Crippen LogP) is 2.88. The SMILES string of the molecule is CCCCCC(C)NC(=O)N1CCN(c2ccncc2)CC1. The molecule has 2 heterocycles. The number of carbonyl (C=O) groups is 1. The summed E-state index contributed by atoms with van der Waals surface area (Å²) in [6.45, 7) is 7.60. The molecule has 0 spiro atoms. The van der Waals surface area contributed by atoms with Gasteiger partial charge in [0.2, 0.25) is 0 Å². The third-order valence-corrected chi connectivity index (χ3v) is 4.21. The van der Waals surface area contributed by atoms with Gasteiger partial charge in [0.25, 0.3) is 0 Å². The van der Waals surface area contributed by atoms with Crippen molar-refractivity contribution in [2.75, 3.05) is 31.1 Å². The number of pyridine rings is 1. The predicted molar refractivity (Wildman–Crippen MR) is 90.2 cm³/mol. The fourth-order valence-corrected chi connectivity index (χ4v) is 2.80. The Morgan fingerprint density at radius 2 is 1.91 bits per heavy atom. The Morgan fingerprint density at radius 3 is 2.55 bits per heavy atom. The van der Waals surface area contributed by atoms with Crippen LogP contribution in [-0.2, 0) is 0 Å². The molecule has 122 valence electrons. The van der Waals surface area contributed by atoms with Gasteiger partial charge in [0.05, 0.1) is 0 Å². The lowest BCUT2D eigenvalue weighted by Gasteiger charge is -2.36. The van der Waals surface area contributed by atoms with Crippen molar-refractivity contribution in [3.8, 4) is 0 Å². The number of hydrogen-bond donors (Lipinski definition) is 1. The van der Waals surface area contributed by atoms with Crippen molar-refractivity contribution >= 4 is 11.7 Å². The average molecular weight is 304 g/mol. The summed E-state index contributed by atoms with van der Waals surface area (Å²) in [7, 11) is 0. The first-order valence-electron chi connectivity index (χ1n) is 8.41. The molecule has 0 aliphatic carbocycles. The van der Waals surface area contributed by atoms with Crippen LogP contribution in [0.1, 0.15) is 39.5 Å². The van der Waals surface area contributed by atoms with Crippen LogP contribution >= 0.6 is 0 Å². The zero-order valence-electron chi connectivity index (χ0n) is 13.8. The number of anilines is 1. The van der Waals surface area contributed by atoms with Crippen LogP contribution < -0.4 is 10.2 Å². The molecule has 0 saturated carbocycles. The van der Waals surface area contributed by atoms with E-state index in [1.54, 1.807) is 0 Å². The molecule has 0 radical (unpaired) electrons. The number of urea groups is 1. The van der Waals surface area contributed by atoms with Crippen LogP contribution in [0.4, 0.5) is 10.5 Å². The number of carbonyl (C=O) groups excluding carboxylic acids is 1. The summed E-state index contributed by atoms with van der Waals surface area (Å²) >= 11 is 0. The van der Waals surface area contributed by atoms with Crippen LogP contribution in [0.2, 0.25) is 0 Å². The molecule has 1 saturated heterocycles. The van der Waals surface area contributed by atoms with Crippen molar-refractivity contribution in [1.29, 1.82) is 0 Å². The van der Waals surface area contributed by atoms with Crippen molar-refractivity contribution in [1.82, 2.24) is 15.2 Å². The van der Waals surface area contributed by atoms with E-state index in [9.17, 15) is 4.79 Å². The van der Waals surface area contributed by atoms with E-state index in [0.29, 0.717) is 0 Å². The molecular formula is C17H28N4O. The summed E-state index contributed by atoms with van der Waals surface area (Å²) in [5.74, 6) is 0. The lowest BCUT2D eigenvalue weighted by Crippen LogP contribution is -2.53. The van der Waals surface area contributed by atoms with Crippen LogP contribution in [0.25, 0.3) is 0 Å². The Morgan fingerprint density at radius 1 is 1.23 bits per heavy atom. The van der Waals surface area contributed by atoms with Gasteiger partial charge in [-0.25, -0.2) is 4.79 Å². The minimum absolute atomic E-state index is 0.0818. The molecule has 0 bridgehead atoms. The van der Waals surface area contributed by atoms with E-state index in [-0.39, 0.29) is 12.1 Å². The zero-order valence-corrected chi connectivity index (χ0v) is 13.8. The van der Waals surface area contributed by atoms with Crippen molar-refractivity contribution in [3.63, 3.8) is 0 Å². The van der Waals surface area contributed by atoms with Gasteiger partial charge in [-0.2, -0.15) is 0 Å². The molecule has 22 heavy (non-hydrogen) atoms. The summed E-state index contributed by atoms with van der Waals surface area (Å²) < 4.78 is 0. The van der Waals surface area contributed by atoms with E-state index in [1.807, 2.05) is 29.4 Å². The van der Waals surface area contributed by atoms with Gasteiger partial charge in [0, 0.05) is 50.3 Å². The monoisotopic (exact) mass is 304 g/mol. The normalized spacial score (nSPS) is 16.5. The fraction of sp³-hybridized carbons (Fsp3) is 0.647. The van der Waals surface area contributed by atoms with Crippen LogP contribution in [0, 0.1) is 0 Å². The van der Waals surface area contributed by atoms with Crippen molar-refractivity contribution < 1.29 is 4.79 Å². The largest absolute Gasteiger partial charge is 0.368 e. The van der Waals surface area contributed by atoms with E-state index in [2.05, 4.69) is 29.0 Å². The number of hydrogen-bond acceptors (Lipinski definition) is 3. The molecule has 5 nitrogen and oxygen atoms in total. The number of amides is 2. The third-order valence-electron chi connectivity index (χ3n) is 4.21.